The summed E-state index contributed by atoms with van der Waals surface area (Å²) >= 11 is 0. The van der Waals surface area contributed by atoms with Gasteiger partial charge in [0.05, 0.1) is 12.6 Å². The average Bonchev–Trinajstić information content (AvgIpc) is 2.59. The van der Waals surface area contributed by atoms with Gasteiger partial charge in [-0.2, -0.15) is 0 Å². The second-order valence-corrected chi connectivity index (χ2v) is 6.05. The number of para-hydroxylation sites is 1. The van der Waals surface area contributed by atoms with E-state index in [0.29, 0.717) is 17.7 Å². The molecule has 1 aliphatic heterocycles. The van der Waals surface area contributed by atoms with E-state index in [-0.39, 0.29) is 25.3 Å². The third kappa shape index (κ3) is 5.27. The Bertz CT molecular complexity index is 649. The highest BCUT2D eigenvalue weighted by Crippen LogP contribution is 2.27. The van der Waals surface area contributed by atoms with Crippen LogP contribution in [0.2, 0.25) is 0 Å². The number of hydrogen-bond donors (Lipinski definition) is 5. The number of carbonyl (C=O) groups is 3. The van der Waals surface area contributed by atoms with E-state index in [4.69, 9.17) is 0 Å². The van der Waals surface area contributed by atoms with Crippen molar-refractivity contribution >= 4 is 23.4 Å². The summed E-state index contributed by atoms with van der Waals surface area (Å²) < 4.78 is 0. The summed E-state index contributed by atoms with van der Waals surface area (Å²) in [5, 5.41) is 28.2. The summed E-state index contributed by atoms with van der Waals surface area (Å²) in [6.45, 7) is 1.29. The number of nitrogens with one attached hydrogen (secondary N) is 3. The first-order valence-electron chi connectivity index (χ1n) is 8.20. The molecule has 2 rings (SSSR count). The Morgan fingerprint density at radius 2 is 1.80 bits per heavy atom. The minimum Gasteiger partial charge on any atom is -0.390 e. The van der Waals surface area contributed by atoms with Crippen LogP contribution in [0.5, 0.6) is 0 Å². The largest absolute Gasteiger partial charge is 0.390 e. The van der Waals surface area contributed by atoms with Crippen molar-refractivity contribution in [2.24, 2.45) is 0 Å². The molecule has 0 bridgehead atoms. The van der Waals surface area contributed by atoms with Crippen LogP contribution in [0.15, 0.2) is 24.3 Å². The van der Waals surface area contributed by atoms with E-state index < -0.39 is 30.1 Å². The van der Waals surface area contributed by atoms with Crippen molar-refractivity contribution in [2.45, 2.75) is 44.4 Å². The number of carbonyl (C=O) groups excluding carboxylic acids is 3. The fourth-order valence-corrected chi connectivity index (χ4v) is 2.57. The van der Waals surface area contributed by atoms with Gasteiger partial charge in [0.1, 0.15) is 12.1 Å². The molecule has 1 aromatic rings. The Morgan fingerprint density at radius 1 is 1.08 bits per heavy atom. The monoisotopic (exact) mass is 349 g/mol. The quantitative estimate of drug-likeness (QED) is 0.444. The molecular formula is C17H23N3O5. The molecule has 8 heteroatoms. The number of fused-ring (bicyclic) bond motifs is 1. The van der Waals surface area contributed by atoms with E-state index in [2.05, 4.69) is 16.0 Å². The van der Waals surface area contributed by atoms with E-state index in [1.165, 1.54) is 6.92 Å². The first kappa shape index (κ1) is 18.9. The highest BCUT2D eigenvalue weighted by molar-refractivity contribution is 5.98. The number of rotatable bonds is 0. The fraction of sp³-hybridized carbons (Fsp3) is 0.471. The molecule has 0 aromatic heterocycles. The molecule has 5 N–H and O–H groups in total. The van der Waals surface area contributed by atoms with Crippen LogP contribution in [0.3, 0.4) is 0 Å². The summed E-state index contributed by atoms with van der Waals surface area (Å²) in [5.41, 5.74) is 0.741. The summed E-state index contributed by atoms with van der Waals surface area (Å²) in [7, 11) is 0. The maximum absolute atomic E-state index is 12.3. The Kier molecular flexibility index (Phi) is 6.49. The number of amides is 3. The van der Waals surface area contributed by atoms with Gasteiger partial charge in [-0.3, -0.25) is 14.4 Å². The van der Waals surface area contributed by atoms with Crippen molar-refractivity contribution in [1.29, 1.82) is 0 Å². The Labute approximate surface area is 145 Å². The molecule has 136 valence electrons. The van der Waals surface area contributed by atoms with Crippen LogP contribution in [0.25, 0.3) is 0 Å². The smallest absolute Gasteiger partial charge is 0.246 e. The molecule has 1 aliphatic rings. The lowest BCUT2D eigenvalue weighted by atomic mass is 9.98. The van der Waals surface area contributed by atoms with Crippen LogP contribution in [-0.4, -0.2) is 46.6 Å². The molecule has 0 radical (unpaired) electrons. The van der Waals surface area contributed by atoms with E-state index in [0.717, 1.165) is 0 Å². The molecule has 1 heterocycles. The predicted molar refractivity (Wildman–Crippen MR) is 90.5 cm³/mol. The van der Waals surface area contributed by atoms with Gasteiger partial charge in [0.2, 0.25) is 17.7 Å². The first-order chi connectivity index (χ1) is 11.9. The third-order valence-electron chi connectivity index (χ3n) is 4.02. The van der Waals surface area contributed by atoms with Crippen molar-refractivity contribution in [1.82, 2.24) is 10.6 Å². The predicted octanol–water partition coefficient (Wildman–Crippen LogP) is -0.176. The Hall–Kier alpha value is -2.45. The first-order valence-corrected chi connectivity index (χ1v) is 8.20. The highest BCUT2D eigenvalue weighted by Gasteiger charge is 2.24. The molecule has 1 aromatic carbocycles. The number of benzene rings is 1. The van der Waals surface area contributed by atoms with Crippen LogP contribution in [0.4, 0.5) is 5.69 Å². The molecule has 0 saturated heterocycles. The van der Waals surface area contributed by atoms with Crippen molar-refractivity contribution in [2.75, 3.05) is 11.9 Å². The van der Waals surface area contributed by atoms with Gasteiger partial charge in [-0.05, 0) is 25.8 Å². The second kappa shape index (κ2) is 8.59. The SMILES string of the molecule is CC1NC(=O)CNC(=O)CCCC(O)C(O)c2ccccc2NC1=O. The van der Waals surface area contributed by atoms with Gasteiger partial charge >= 0.3 is 0 Å². The molecule has 8 nitrogen and oxygen atoms in total. The molecule has 3 amide bonds. The number of aliphatic hydroxyl groups excluding tert-OH is 2. The maximum Gasteiger partial charge on any atom is 0.246 e. The van der Waals surface area contributed by atoms with Crippen molar-refractivity contribution in [3.05, 3.63) is 29.8 Å². The molecule has 0 aliphatic carbocycles. The molecular weight excluding hydrogens is 326 g/mol. The van der Waals surface area contributed by atoms with Crippen molar-refractivity contribution in [3.63, 3.8) is 0 Å². The van der Waals surface area contributed by atoms with Gasteiger partial charge in [-0.1, -0.05) is 18.2 Å². The summed E-state index contributed by atoms with van der Waals surface area (Å²) in [4.78, 5) is 35.7. The third-order valence-corrected chi connectivity index (χ3v) is 4.02. The maximum atomic E-state index is 12.3. The fourth-order valence-electron chi connectivity index (χ4n) is 2.57. The van der Waals surface area contributed by atoms with E-state index in [1.54, 1.807) is 24.3 Å². The van der Waals surface area contributed by atoms with Gasteiger partial charge in [0, 0.05) is 17.7 Å². The standard InChI is InChI=1S/C17H23N3O5/c1-10-17(25)20-12-6-3-2-5-11(12)16(24)13(21)7-4-8-14(22)18-9-15(23)19-10/h2-3,5-6,10,13,16,21,24H,4,7-9H2,1H3,(H,18,22)(H,19,23)(H,20,25). The number of hydrogen-bond acceptors (Lipinski definition) is 5. The van der Waals surface area contributed by atoms with Gasteiger partial charge in [0.15, 0.2) is 0 Å². The summed E-state index contributed by atoms with van der Waals surface area (Å²) in [6.07, 6.45) is -1.58. The lowest BCUT2D eigenvalue weighted by molar-refractivity contribution is -0.128. The normalized spacial score (nSPS) is 26.4. The lowest BCUT2D eigenvalue weighted by Gasteiger charge is -2.21. The zero-order chi connectivity index (χ0) is 18.4. The van der Waals surface area contributed by atoms with Crippen LogP contribution >= 0.6 is 0 Å². The minimum atomic E-state index is -1.20. The summed E-state index contributed by atoms with van der Waals surface area (Å²) in [6, 6.07) is 5.77. The van der Waals surface area contributed by atoms with Crippen molar-refractivity contribution < 1.29 is 24.6 Å². The zero-order valence-corrected chi connectivity index (χ0v) is 14.0. The van der Waals surface area contributed by atoms with Crippen LogP contribution in [0, 0.1) is 0 Å². The number of aliphatic hydroxyl groups is 2. The molecule has 0 fully saturated rings. The Morgan fingerprint density at radius 3 is 2.56 bits per heavy atom. The van der Waals surface area contributed by atoms with Gasteiger partial charge < -0.3 is 26.2 Å². The zero-order valence-electron chi connectivity index (χ0n) is 14.0. The van der Waals surface area contributed by atoms with Crippen LogP contribution in [0.1, 0.15) is 37.9 Å². The minimum absolute atomic E-state index is 0.130. The van der Waals surface area contributed by atoms with Crippen LogP contribution in [-0.2, 0) is 14.4 Å². The van der Waals surface area contributed by atoms with E-state index >= 15 is 0 Å². The average molecular weight is 349 g/mol. The highest BCUT2D eigenvalue weighted by atomic mass is 16.3. The number of anilines is 1. The summed E-state index contributed by atoms with van der Waals surface area (Å²) in [5.74, 6) is -1.27. The van der Waals surface area contributed by atoms with E-state index in [1.807, 2.05) is 0 Å². The van der Waals surface area contributed by atoms with Gasteiger partial charge in [-0.25, -0.2) is 0 Å². The molecule has 0 spiro atoms. The molecule has 3 atom stereocenters. The van der Waals surface area contributed by atoms with Crippen LogP contribution < -0.4 is 16.0 Å². The topological polar surface area (TPSA) is 128 Å². The van der Waals surface area contributed by atoms with Crippen molar-refractivity contribution in [3.8, 4) is 0 Å². The van der Waals surface area contributed by atoms with E-state index in [9.17, 15) is 24.6 Å². The Balaban J connectivity index is 2.25. The molecule has 0 saturated carbocycles. The molecule has 25 heavy (non-hydrogen) atoms. The van der Waals surface area contributed by atoms with Gasteiger partial charge in [0.25, 0.3) is 0 Å². The molecule has 3 unspecified atom stereocenters. The lowest BCUT2D eigenvalue weighted by Crippen LogP contribution is -2.45. The second-order valence-electron chi connectivity index (χ2n) is 6.05. The van der Waals surface area contributed by atoms with Gasteiger partial charge in [-0.15, -0.1) is 0 Å².